The second-order valence-electron chi connectivity index (χ2n) is 7.59. The van der Waals surface area contributed by atoms with Crippen LogP contribution in [0.4, 0.5) is 15.3 Å². The van der Waals surface area contributed by atoms with Crippen molar-refractivity contribution in [1.29, 1.82) is 0 Å². The first-order chi connectivity index (χ1) is 12.0. The zero-order valence-electron chi connectivity index (χ0n) is 15.7. The van der Waals surface area contributed by atoms with Gasteiger partial charge in [0.1, 0.15) is 24.4 Å². The SMILES string of the molecule is CC(C)(C)OC(=O)Nc1cc(CC(C)(C)OC(=O)O)c2c(c1)OCCO2. The minimum atomic E-state index is -1.36. The highest BCUT2D eigenvalue weighted by Gasteiger charge is 2.28. The fraction of sp³-hybridized carbons (Fsp3) is 0.556. The summed E-state index contributed by atoms with van der Waals surface area (Å²) in [4.78, 5) is 22.9. The first-order valence-corrected chi connectivity index (χ1v) is 8.30. The van der Waals surface area contributed by atoms with Crippen LogP contribution in [-0.2, 0) is 15.9 Å². The number of hydrogen-bond acceptors (Lipinski definition) is 6. The Morgan fingerprint density at radius 2 is 1.77 bits per heavy atom. The monoisotopic (exact) mass is 367 g/mol. The van der Waals surface area contributed by atoms with Gasteiger partial charge in [0.15, 0.2) is 11.5 Å². The van der Waals surface area contributed by atoms with Gasteiger partial charge in [0, 0.05) is 23.7 Å². The van der Waals surface area contributed by atoms with Crippen LogP contribution >= 0.6 is 0 Å². The molecule has 1 aromatic rings. The molecule has 1 aliphatic heterocycles. The predicted octanol–water partition coefficient (Wildman–Crippen LogP) is 3.82. The summed E-state index contributed by atoms with van der Waals surface area (Å²) in [6.45, 7) is 9.40. The lowest BCUT2D eigenvalue weighted by Gasteiger charge is -2.27. The number of hydrogen-bond donors (Lipinski definition) is 2. The van der Waals surface area contributed by atoms with Crippen LogP contribution in [0.25, 0.3) is 0 Å². The second kappa shape index (κ2) is 7.31. The third-order valence-electron chi connectivity index (χ3n) is 3.34. The van der Waals surface area contributed by atoms with Gasteiger partial charge in [-0.15, -0.1) is 0 Å². The zero-order chi connectivity index (χ0) is 19.5. The Kier molecular flexibility index (Phi) is 5.53. The van der Waals surface area contributed by atoms with Crippen LogP contribution in [0.2, 0.25) is 0 Å². The topological polar surface area (TPSA) is 103 Å². The summed E-state index contributed by atoms with van der Waals surface area (Å²) >= 11 is 0. The van der Waals surface area contributed by atoms with Gasteiger partial charge in [-0.1, -0.05) is 0 Å². The molecule has 0 bridgehead atoms. The first-order valence-electron chi connectivity index (χ1n) is 8.30. The summed E-state index contributed by atoms with van der Waals surface area (Å²) < 4.78 is 21.5. The number of fused-ring (bicyclic) bond motifs is 1. The van der Waals surface area contributed by atoms with Gasteiger partial charge in [-0.25, -0.2) is 9.59 Å². The molecule has 0 spiro atoms. The Hall–Kier alpha value is -2.64. The summed E-state index contributed by atoms with van der Waals surface area (Å²) in [5.41, 5.74) is -0.479. The Labute approximate surface area is 152 Å². The molecule has 1 amide bonds. The van der Waals surface area contributed by atoms with E-state index in [1.54, 1.807) is 46.8 Å². The van der Waals surface area contributed by atoms with Gasteiger partial charge in [0.2, 0.25) is 0 Å². The highest BCUT2D eigenvalue weighted by molar-refractivity contribution is 5.85. The normalized spacial score (nSPS) is 13.7. The number of carboxylic acid groups (broad SMARTS) is 1. The molecule has 0 aromatic heterocycles. The van der Waals surface area contributed by atoms with Crippen molar-refractivity contribution in [3.05, 3.63) is 17.7 Å². The maximum Gasteiger partial charge on any atom is 0.506 e. The standard InChI is InChI=1S/C18H25NO7/c1-17(2,3)25-15(20)19-12-8-11(10-18(4,5)26-16(21)22)14-13(9-12)23-6-7-24-14/h8-9H,6-7,10H2,1-5H3,(H,19,20)(H,21,22). The minimum absolute atomic E-state index is 0.245. The van der Waals surface area contributed by atoms with E-state index in [1.165, 1.54) is 0 Å². The Bertz CT molecular complexity index is 692. The third kappa shape index (κ3) is 5.72. The molecule has 1 aliphatic rings. The molecule has 0 fully saturated rings. The lowest BCUT2D eigenvalue weighted by atomic mass is 9.96. The molecule has 0 unspecified atom stereocenters. The summed E-state index contributed by atoms with van der Waals surface area (Å²) in [6, 6.07) is 3.34. The van der Waals surface area contributed by atoms with Crippen molar-refractivity contribution in [1.82, 2.24) is 0 Å². The average Bonchev–Trinajstić information content (AvgIpc) is 2.43. The number of nitrogens with one attached hydrogen (secondary N) is 1. The van der Waals surface area contributed by atoms with Gasteiger partial charge >= 0.3 is 12.2 Å². The van der Waals surface area contributed by atoms with Crippen molar-refractivity contribution >= 4 is 17.9 Å². The number of anilines is 1. The highest BCUT2D eigenvalue weighted by Crippen LogP contribution is 2.39. The minimum Gasteiger partial charge on any atom is -0.486 e. The van der Waals surface area contributed by atoms with Crippen molar-refractivity contribution in [3.63, 3.8) is 0 Å². The molecule has 0 atom stereocenters. The number of rotatable bonds is 4. The summed E-state index contributed by atoms with van der Waals surface area (Å²) in [5.74, 6) is 0.999. The van der Waals surface area contributed by atoms with Crippen LogP contribution in [0, 0.1) is 0 Å². The highest BCUT2D eigenvalue weighted by atomic mass is 16.7. The van der Waals surface area contributed by atoms with Gasteiger partial charge in [0.05, 0.1) is 0 Å². The van der Waals surface area contributed by atoms with E-state index in [-0.39, 0.29) is 6.42 Å². The van der Waals surface area contributed by atoms with Crippen LogP contribution in [0.5, 0.6) is 11.5 Å². The van der Waals surface area contributed by atoms with Crippen LogP contribution in [0.1, 0.15) is 40.2 Å². The van der Waals surface area contributed by atoms with Crippen molar-refractivity contribution in [2.45, 2.75) is 52.2 Å². The maximum atomic E-state index is 12.0. The predicted molar refractivity (Wildman–Crippen MR) is 94.2 cm³/mol. The molecule has 8 heteroatoms. The van der Waals surface area contributed by atoms with Crippen molar-refractivity contribution in [3.8, 4) is 11.5 Å². The van der Waals surface area contributed by atoms with Crippen molar-refractivity contribution in [2.24, 2.45) is 0 Å². The van der Waals surface area contributed by atoms with E-state index in [1.807, 2.05) is 0 Å². The molecule has 0 saturated heterocycles. The summed E-state index contributed by atoms with van der Waals surface area (Å²) in [7, 11) is 0. The summed E-state index contributed by atoms with van der Waals surface area (Å²) in [6.07, 6.45) is -1.71. The quantitative estimate of drug-likeness (QED) is 0.780. The van der Waals surface area contributed by atoms with Crippen molar-refractivity contribution < 1.29 is 33.6 Å². The van der Waals surface area contributed by atoms with Crippen molar-refractivity contribution in [2.75, 3.05) is 18.5 Å². The van der Waals surface area contributed by atoms with Gasteiger partial charge in [0.25, 0.3) is 0 Å². The molecule has 26 heavy (non-hydrogen) atoms. The molecule has 2 rings (SSSR count). The van der Waals surface area contributed by atoms with Crippen LogP contribution in [0.3, 0.4) is 0 Å². The first kappa shape index (κ1) is 19.7. The third-order valence-corrected chi connectivity index (χ3v) is 3.34. The Balaban J connectivity index is 2.28. The van der Waals surface area contributed by atoms with E-state index >= 15 is 0 Å². The average molecular weight is 367 g/mol. The van der Waals surface area contributed by atoms with E-state index < -0.39 is 23.5 Å². The smallest absolute Gasteiger partial charge is 0.486 e. The summed E-state index contributed by atoms with van der Waals surface area (Å²) in [5, 5.41) is 11.6. The van der Waals surface area contributed by atoms with E-state index in [9.17, 15) is 9.59 Å². The maximum absolute atomic E-state index is 12.0. The lowest BCUT2D eigenvalue weighted by Crippen LogP contribution is -2.31. The van der Waals surface area contributed by atoms with E-state index in [0.717, 1.165) is 0 Å². The Morgan fingerprint density at radius 3 is 2.38 bits per heavy atom. The number of benzene rings is 1. The molecule has 1 aromatic carbocycles. The van der Waals surface area contributed by atoms with Crippen LogP contribution in [0.15, 0.2) is 12.1 Å². The molecular weight excluding hydrogens is 342 g/mol. The zero-order valence-corrected chi connectivity index (χ0v) is 15.7. The molecule has 0 saturated carbocycles. The van der Waals surface area contributed by atoms with E-state index in [4.69, 9.17) is 24.1 Å². The van der Waals surface area contributed by atoms with Crippen LogP contribution < -0.4 is 14.8 Å². The van der Waals surface area contributed by atoms with Crippen LogP contribution in [-0.4, -0.2) is 41.8 Å². The second-order valence-corrected chi connectivity index (χ2v) is 7.59. The van der Waals surface area contributed by atoms with E-state index in [0.29, 0.717) is 36.0 Å². The van der Waals surface area contributed by atoms with Gasteiger partial charge < -0.3 is 24.1 Å². The molecular formula is C18H25NO7. The molecule has 0 radical (unpaired) electrons. The lowest BCUT2D eigenvalue weighted by molar-refractivity contribution is 0.00370. The Morgan fingerprint density at radius 1 is 1.12 bits per heavy atom. The number of carbonyl (C=O) groups is 2. The molecule has 2 N–H and O–H groups in total. The molecule has 8 nitrogen and oxygen atoms in total. The van der Waals surface area contributed by atoms with E-state index in [2.05, 4.69) is 5.32 Å². The number of amides is 1. The fourth-order valence-corrected chi connectivity index (χ4v) is 2.58. The van der Waals surface area contributed by atoms with Gasteiger partial charge in [-0.3, -0.25) is 5.32 Å². The molecule has 144 valence electrons. The number of ether oxygens (including phenoxy) is 4. The van der Waals surface area contributed by atoms with Gasteiger partial charge in [-0.2, -0.15) is 0 Å². The fourth-order valence-electron chi connectivity index (χ4n) is 2.58. The molecule has 0 aliphatic carbocycles. The van der Waals surface area contributed by atoms with Gasteiger partial charge in [-0.05, 0) is 40.7 Å². The largest absolute Gasteiger partial charge is 0.506 e. The molecule has 1 heterocycles. The number of carbonyl (C=O) groups excluding carboxylic acids is 1.